The van der Waals surface area contributed by atoms with Gasteiger partial charge in [0.2, 0.25) is 0 Å². The molecule has 1 aromatic heterocycles. The molecule has 0 bridgehead atoms. The number of Topliss-reactive ketones (excluding diaryl/α,β-unsaturated/α-hetero) is 1. The number of ether oxygens (including phenoxy) is 2. The number of ketones is 1. The van der Waals surface area contributed by atoms with E-state index in [9.17, 15) is 19.8 Å². The number of aromatic hydroxyl groups is 1. The fourth-order valence-electron chi connectivity index (χ4n) is 4.46. The first-order valence-electron chi connectivity index (χ1n) is 12.4. The molecule has 206 valence electrons. The molecule has 0 radical (unpaired) electrons. The van der Waals surface area contributed by atoms with Crippen LogP contribution >= 0.6 is 38.9 Å². The van der Waals surface area contributed by atoms with Gasteiger partial charge in [-0.25, -0.2) is 4.98 Å². The quantitative estimate of drug-likeness (QED) is 0.0902. The molecule has 3 aromatic carbocycles. The van der Waals surface area contributed by atoms with Crippen LogP contribution in [0.4, 0.5) is 5.13 Å². The van der Waals surface area contributed by atoms with E-state index in [-0.39, 0.29) is 32.4 Å². The van der Waals surface area contributed by atoms with Crippen LogP contribution < -0.4 is 14.4 Å². The van der Waals surface area contributed by atoms with Crippen LogP contribution in [-0.4, -0.2) is 40.6 Å². The summed E-state index contributed by atoms with van der Waals surface area (Å²) >= 11 is 10.7. The zero-order chi connectivity index (χ0) is 28.6. The number of hydrogen-bond donors (Lipinski definition) is 2. The summed E-state index contributed by atoms with van der Waals surface area (Å²) in [5.74, 6) is -1.58. The van der Waals surface area contributed by atoms with Crippen LogP contribution in [0.15, 0.2) is 64.6 Å². The van der Waals surface area contributed by atoms with Gasteiger partial charge in [-0.05, 0) is 70.4 Å². The summed E-state index contributed by atoms with van der Waals surface area (Å²) in [6.07, 6.45) is 1.83. The van der Waals surface area contributed by atoms with Gasteiger partial charge < -0.3 is 19.7 Å². The molecule has 0 saturated carbocycles. The third-order valence-electron chi connectivity index (χ3n) is 6.45. The van der Waals surface area contributed by atoms with Crippen molar-refractivity contribution in [2.75, 3.05) is 18.6 Å². The lowest BCUT2D eigenvalue weighted by Gasteiger charge is -2.24. The molecule has 1 aliphatic rings. The number of rotatable bonds is 8. The number of halogens is 2. The molecule has 0 spiro atoms. The molecule has 40 heavy (non-hydrogen) atoms. The smallest absolute Gasteiger partial charge is 0.301 e. The minimum absolute atomic E-state index is 0.123. The molecule has 1 aliphatic heterocycles. The lowest BCUT2D eigenvalue weighted by Crippen LogP contribution is -2.29. The van der Waals surface area contributed by atoms with Gasteiger partial charge in [-0.1, -0.05) is 48.4 Å². The molecule has 4 aromatic rings. The van der Waals surface area contributed by atoms with Crippen LogP contribution in [0.3, 0.4) is 0 Å². The Hall–Kier alpha value is -3.60. The number of fused-ring (bicyclic) bond motifs is 1. The highest BCUT2D eigenvalue weighted by molar-refractivity contribution is 9.10. The highest BCUT2D eigenvalue weighted by atomic mass is 79.9. The minimum Gasteiger partial charge on any atom is -0.507 e. The summed E-state index contributed by atoms with van der Waals surface area (Å²) in [5, 5.41) is 22.7. The van der Waals surface area contributed by atoms with E-state index in [1.165, 1.54) is 29.4 Å². The Bertz CT molecular complexity index is 1670. The van der Waals surface area contributed by atoms with Crippen molar-refractivity contribution < 1.29 is 29.3 Å². The molecule has 1 fully saturated rings. The highest BCUT2D eigenvalue weighted by Gasteiger charge is 2.48. The number of anilines is 1. The maximum atomic E-state index is 13.6. The second-order valence-corrected chi connectivity index (χ2v) is 11.4. The molecule has 2 N–H and O–H groups in total. The molecule has 5 rings (SSSR count). The largest absolute Gasteiger partial charge is 0.507 e. The number of phenolic OH excluding ortho intramolecular Hbond substituents is 1. The standard InChI is InChI=1S/C29H24BrClN2O6S/c1-3-4-10-39-18-7-5-6-15(11-18)25(34)23-24(16-12-19(30)26(35)21(13-16)38-2)33(28(37)27(23)36)29-32-20-9-8-17(31)14-22(20)40-29/h5-9,11-14,24,34-35H,3-4,10H2,1-2H3/b25-23+. The number of carbonyl (C=O) groups excluding carboxylic acids is 2. The van der Waals surface area contributed by atoms with Gasteiger partial charge in [0.15, 0.2) is 16.6 Å². The summed E-state index contributed by atoms with van der Waals surface area (Å²) in [6, 6.07) is 13.9. The first-order valence-corrected chi connectivity index (χ1v) is 14.4. The summed E-state index contributed by atoms with van der Waals surface area (Å²) in [6.45, 7) is 2.56. The van der Waals surface area contributed by atoms with Gasteiger partial charge in [-0.15, -0.1) is 0 Å². The van der Waals surface area contributed by atoms with Gasteiger partial charge in [0.05, 0.1) is 40.0 Å². The second kappa shape index (κ2) is 11.5. The van der Waals surface area contributed by atoms with Crippen LogP contribution in [0.25, 0.3) is 16.0 Å². The van der Waals surface area contributed by atoms with E-state index in [1.807, 2.05) is 0 Å². The Morgan fingerprint density at radius 3 is 2.73 bits per heavy atom. The predicted molar refractivity (Wildman–Crippen MR) is 159 cm³/mol. The van der Waals surface area contributed by atoms with E-state index in [1.54, 1.807) is 48.5 Å². The summed E-state index contributed by atoms with van der Waals surface area (Å²) in [4.78, 5) is 33.0. The number of benzene rings is 3. The molecule has 11 heteroatoms. The topological polar surface area (TPSA) is 109 Å². The number of nitrogens with zero attached hydrogens (tertiary/aromatic N) is 2. The number of carbonyl (C=O) groups is 2. The van der Waals surface area contributed by atoms with Crippen LogP contribution in [-0.2, 0) is 9.59 Å². The number of aliphatic hydroxyl groups is 1. The summed E-state index contributed by atoms with van der Waals surface area (Å²) < 4.78 is 12.1. The van der Waals surface area contributed by atoms with Crippen molar-refractivity contribution in [3.8, 4) is 17.2 Å². The number of thiazole rings is 1. The number of hydrogen-bond acceptors (Lipinski definition) is 8. The Kier molecular flexibility index (Phi) is 8.02. The maximum absolute atomic E-state index is 13.6. The number of methoxy groups -OCH3 is 1. The van der Waals surface area contributed by atoms with E-state index in [0.29, 0.717) is 34.0 Å². The van der Waals surface area contributed by atoms with Crippen molar-refractivity contribution in [1.82, 2.24) is 4.98 Å². The zero-order valence-corrected chi connectivity index (χ0v) is 24.6. The first kappa shape index (κ1) is 27.9. The van der Waals surface area contributed by atoms with E-state index in [0.717, 1.165) is 17.5 Å². The Labute approximate surface area is 247 Å². The van der Waals surface area contributed by atoms with Crippen molar-refractivity contribution in [2.45, 2.75) is 25.8 Å². The normalized spacial score (nSPS) is 16.6. The van der Waals surface area contributed by atoms with Gasteiger partial charge in [-0.3, -0.25) is 14.5 Å². The van der Waals surface area contributed by atoms with Gasteiger partial charge in [0, 0.05) is 10.6 Å². The Morgan fingerprint density at radius 2 is 1.98 bits per heavy atom. The van der Waals surface area contributed by atoms with Crippen molar-refractivity contribution in [2.24, 2.45) is 0 Å². The molecule has 0 aliphatic carbocycles. The number of amides is 1. The third kappa shape index (κ3) is 5.14. The van der Waals surface area contributed by atoms with E-state index >= 15 is 0 Å². The predicted octanol–water partition coefficient (Wildman–Crippen LogP) is 7.23. The fraction of sp³-hybridized carbons (Fsp3) is 0.207. The number of unbranched alkanes of at least 4 members (excludes halogenated alkanes) is 1. The first-order chi connectivity index (χ1) is 19.2. The molecule has 1 amide bonds. The van der Waals surface area contributed by atoms with Crippen LogP contribution in [0, 0.1) is 0 Å². The van der Waals surface area contributed by atoms with E-state index in [2.05, 4.69) is 27.8 Å². The van der Waals surface area contributed by atoms with E-state index < -0.39 is 17.7 Å². The van der Waals surface area contributed by atoms with Crippen molar-refractivity contribution in [3.63, 3.8) is 0 Å². The van der Waals surface area contributed by atoms with Crippen LogP contribution in [0.1, 0.15) is 36.9 Å². The molecular weight excluding hydrogens is 620 g/mol. The van der Waals surface area contributed by atoms with Gasteiger partial charge >= 0.3 is 5.91 Å². The average Bonchev–Trinajstić information content (AvgIpc) is 3.47. The fourth-order valence-corrected chi connectivity index (χ4v) is 6.19. The molecule has 1 saturated heterocycles. The maximum Gasteiger partial charge on any atom is 0.301 e. The van der Waals surface area contributed by atoms with Gasteiger partial charge in [0.25, 0.3) is 5.78 Å². The third-order valence-corrected chi connectivity index (χ3v) is 8.31. The summed E-state index contributed by atoms with van der Waals surface area (Å²) in [7, 11) is 1.39. The van der Waals surface area contributed by atoms with Crippen molar-refractivity contribution >= 4 is 71.7 Å². The van der Waals surface area contributed by atoms with Gasteiger partial charge in [-0.2, -0.15) is 0 Å². The molecule has 1 atom stereocenters. The Morgan fingerprint density at radius 1 is 1.18 bits per heavy atom. The number of aliphatic hydroxyl groups excluding tert-OH is 1. The summed E-state index contributed by atoms with van der Waals surface area (Å²) in [5.41, 5.74) is 1.20. The lowest BCUT2D eigenvalue weighted by atomic mass is 9.95. The molecule has 1 unspecified atom stereocenters. The molecule has 8 nitrogen and oxygen atoms in total. The van der Waals surface area contributed by atoms with Gasteiger partial charge in [0.1, 0.15) is 11.5 Å². The molecule has 2 heterocycles. The highest BCUT2D eigenvalue weighted by Crippen LogP contribution is 2.47. The number of aromatic nitrogens is 1. The SMILES string of the molecule is CCCCOc1cccc(/C(O)=C2\C(=O)C(=O)N(c3nc4ccc(Cl)cc4s3)C2c2cc(Br)c(O)c(OC)c2)c1. The molecular formula is C29H24BrClN2O6S. The second-order valence-electron chi connectivity index (χ2n) is 9.06. The van der Waals surface area contributed by atoms with Crippen LogP contribution in [0.2, 0.25) is 5.02 Å². The van der Waals surface area contributed by atoms with Crippen molar-refractivity contribution in [1.29, 1.82) is 0 Å². The van der Waals surface area contributed by atoms with Crippen molar-refractivity contribution in [3.05, 3.63) is 80.8 Å². The van der Waals surface area contributed by atoms with E-state index in [4.69, 9.17) is 21.1 Å². The minimum atomic E-state index is -1.08. The Balaban J connectivity index is 1.70. The average molecular weight is 644 g/mol. The lowest BCUT2D eigenvalue weighted by molar-refractivity contribution is -0.132. The zero-order valence-electron chi connectivity index (χ0n) is 21.5. The monoisotopic (exact) mass is 642 g/mol. The number of phenols is 1. The van der Waals surface area contributed by atoms with Crippen LogP contribution in [0.5, 0.6) is 17.2 Å².